The highest BCUT2D eigenvalue weighted by atomic mass is 19.1. The van der Waals surface area contributed by atoms with Crippen LogP contribution in [0, 0.1) is 11.6 Å². The Labute approximate surface area is 95.2 Å². The zero-order valence-corrected chi connectivity index (χ0v) is 8.81. The Morgan fingerprint density at radius 3 is 2.59 bits per heavy atom. The van der Waals surface area contributed by atoms with Gasteiger partial charge in [0.1, 0.15) is 12.4 Å². The lowest BCUT2D eigenvalue weighted by atomic mass is 10.3. The van der Waals surface area contributed by atoms with E-state index in [1.54, 1.807) is 0 Å². The minimum atomic E-state index is -1.23. The Morgan fingerprint density at radius 1 is 1.41 bits per heavy atom. The summed E-state index contributed by atoms with van der Waals surface area (Å²) < 4.78 is 30.2. The summed E-state index contributed by atoms with van der Waals surface area (Å²) in [5.74, 6) is -3.54. The van der Waals surface area contributed by atoms with Gasteiger partial charge in [-0.1, -0.05) is 0 Å². The SMILES string of the molecule is CN(CC(=O)O)C(=O)Oc1ccc(F)cc1F. The van der Waals surface area contributed by atoms with Gasteiger partial charge in [-0.15, -0.1) is 0 Å². The number of aliphatic carboxylic acids is 1. The molecule has 0 spiro atoms. The van der Waals surface area contributed by atoms with Gasteiger partial charge in [0.25, 0.3) is 0 Å². The molecule has 1 aromatic carbocycles. The first-order valence-electron chi connectivity index (χ1n) is 4.50. The van der Waals surface area contributed by atoms with Crippen molar-refractivity contribution in [3.63, 3.8) is 0 Å². The Kier molecular flexibility index (Phi) is 3.97. The monoisotopic (exact) mass is 245 g/mol. The van der Waals surface area contributed by atoms with Crippen LogP contribution in [0.15, 0.2) is 18.2 Å². The standard InChI is InChI=1S/C10H9F2NO4/c1-13(5-9(14)15)10(16)17-8-3-2-6(11)4-7(8)12/h2-4H,5H2,1H3,(H,14,15). The van der Waals surface area contributed by atoms with Crippen LogP contribution in [0.5, 0.6) is 5.75 Å². The molecule has 92 valence electrons. The quantitative estimate of drug-likeness (QED) is 0.875. The molecule has 1 aromatic rings. The molecule has 0 atom stereocenters. The number of hydrogen-bond acceptors (Lipinski definition) is 3. The van der Waals surface area contributed by atoms with Crippen molar-refractivity contribution in [1.82, 2.24) is 4.90 Å². The maximum Gasteiger partial charge on any atom is 0.415 e. The van der Waals surface area contributed by atoms with E-state index in [0.29, 0.717) is 6.07 Å². The van der Waals surface area contributed by atoms with Crippen molar-refractivity contribution in [2.24, 2.45) is 0 Å². The molecule has 0 unspecified atom stereocenters. The average Bonchev–Trinajstić information content (AvgIpc) is 2.21. The van der Waals surface area contributed by atoms with Gasteiger partial charge < -0.3 is 9.84 Å². The fourth-order valence-electron chi connectivity index (χ4n) is 0.997. The molecular weight excluding hydrogens is 236 g/mol. The Bertz CT molecular complexity index is 450. The number of hydrogen-bond donors (Lipinski definition) is 1. The zero-order valence-electron chi connectivity index (χ0n) is 8.81. The first kappa shape index (κ1) is 12.9. The highest BCUT2D eigenvalue weighted by Crippen LogP contribution is 2.18. The molecular formula is C10H9F2NO4. The van der Waals surface area contributed by atoms with Crippen LogP contribution in [0.3, 0.4) is 0 Å². The minimum absolute atomic E-state index is 0.464. The lowest BCUT2D eigenvalue weighted by Gasteiger charge is -2.14. The van der Waals surface area contributed by atoms with Gasteiger partial charge in [-0.05, 0) is 12.1 Å². The number of nitrogens with zero attached hydrogens (tertiary/aromatic N) is 1. The second kappa shape index (κ2) is 5.24. The van der Waals surface area contributed by atoms with Crippen molar-refractivity contribution in [3.05, 3.63) is 29.8 Å². The number of carboxylic acid groups (broad SMARTS) is 1. The van der Waals surface area contributed by atoms with Crippen molar-refractivity contribution in [3.8, 4) is 5.75 Å². The number of carbonyl (C=O) groups excluding carboxylic acids is 1. The van der Waals surface area contributed by atoms with Gasteiger partial charge in [-0.25, -0.2) is 13.6 Å². The van der Waals surface area contributed by atoms with E-state index in [0.717, 1.165) is 17.0 Å². The highest BCUT2D eigenvalue weighted by molar-refractivity contribution is 5.77. The summed E-state index contributed by atoms with van der Waals surface area (Å²) in [5, 5.41) is 8.42. The molecule has 0 fully saturated rings. The molecule has 0 saturated heterocycles. The molecule has 0 aliphatic carbocycles. The van der Waals surface area contributed by atoms with Crippen molar-refractivity contribution in [2.45, 2.75) is 0 Å². The summed E-state index contributed by atoms with van der Waals surface area (Å²) in [6.45, 7) is -0.582. The number of rotatable bonds is 3. The van der Waals surface area contributed by atoms with Gasteiger partial charge in [-0.3, -0.25) is 9.69 Å². The summed E-state index contributed by atoms with van der Waals surface area (Å²) in [6.07, 6.45) is -1.04. The number of ether oxygens (including phenoxy) is 1. The molecule has 0 bridgehead atoms. The Hall–Kier alpha value is -2.18. The average molecular weight is 245 g/mol. The van der Waals surface area contributed by atoms with Crippen molar-refractivity contribution in [2.75, 3.05) is 13.6 Å². The second-order valence-corrected chi connectivity index (χ2v) is 3.19. The van der Waals surface area contributed by atoms with Gasteiger partial charge in [-0.2, -0.15) is 0 Å². The van der Waals surface area contributed by atoms with Crippen LogP contribution in [-0.4, -0.2) is 35.7 Å². The molecule has 0 radical (unpaired) electrons. The van der Waals surface area contributed by atoms with E-state index >= 15 is 0 Å². The fourth-order valence-corrected chi connectivity index (χ4v) is 0.997. The number of likely N-dealkylation sites (N-methyl/N-ethyl adjacent to an activating group) is 1. The van der Waals surface area contributed by atoms with E-state index in [-0.39, 0.29) is 0 Å². The van der Waals surface area contributed by atoms with E-state index < -0.39 is 36.0 Å². The van der Waals surface area contributed by atoms with Gasteiger partial charge in [0.15, 0.2) is 11.6 Å². The second-order valence-electron chi connectivity index (χ2n) is 3.19. The van der Waals surface area contributed by atoms with E-state index in [2.05, 4.69) is 4.74 Å². The smallest absolute Gasteiger partial charge is 0.415 e. The molecule has 17 heavy (non-hydrogen) atoms. The zero-order chi connectivity index (χ0) is 13.0. The summed E-state index contributed by atoms with van der Waals surface area (Å²) in [5.41, 5.74) is 0. The molecule has 1 N–H and O–H groups in total. The van der Waals surface area contributed by atoms with Crippen molar-refractivity contribution < 1.29 is 28.2 Å². The van der Waals surface area contributed by atoms with E-state index in [4.69, 9.17) is 5.11 Å². The lowest BCUT2D eigenvalue weighted by molar-refractivity contribution is -0.137. The van der Waals surface area contributed by atoms with Crippen LogP contribution >= 0.6 is 0 Å². The number of carbonyl (C=O) groups is 2. The summed E-state index contributed by atoms with van der Waals surface area (Å²) in [4.78, 5) is 22.3. The third kappa shape index (κ3) is 3.71. The molecule has 0 aliphatic heterocycles. The molecule has 0 aromatic heterocycles. The maximum atomic E-state index is 13.1. The van der Waals surface area contributed by atoms with E-state index in [9.17, 15) is 18.4 Å². The molecule has 0 aliphatic rings. The van der Waals surface area contributed by atoms with Gasteiger partial charge in [0.05, 0.1) is 0 Å². The van der Waals surface area contributed by atoms with Crippen LogP contribution in [-0.2, 0) is 4.79 Å². The fraction of sp³-hybridized carbons (Fsp3) is 0.200. The predicted molar refractivity (Wildman–Crippen MR) is 52.6 cm³/mol. The van der Waals surface area contributed by atoms with Crippen molar-refractivity contribution >= 4 is 12.1 Å². The third-order valence-electron chi connectivity index (χ3n) is 1.78. The van der Waals surface area contributed by atoms with Gasteiger partial charge in [0.2, 0.25) is 0 Å². The summed E-state index contributed by atoms with van der Waals surface area (Å²) in [7, 11) is 1.18. The van der Waals surface area contributed by atoms with E-state index in [1.807, 2.05) is 0 Å². The summed E-state index contributed by atoms with van der Waals surface area (Å²) >= 11 is 0. The van der Waals surface area contributed by atoms with Crippen LogP contribution in [0.25, 0.3) is 0 Å². The molecule has 1 amide bonds. The third-order valence-corrected chi connectivity index (χ3v) is 1.78. The first-order valence-corrected chi connectivity index (χ1v) is 4.50. The molecule has 5 nitrogen and oxygen atoms in total. The van der Waals surface area contributed by atoms with Crippen LogP contribution < -0.4 is 4.74 Å². The molecule has 0 saturated carbocycles. The number of amides is 1. The molecule has 7 heteroatoms. The Balaban J connectivity index is 2.71. The van der Waals surface area contributed by atoms with Crippen LogP contribution in [0.4, 0.5) is 13.6 Å². The number of benzene rings is 1. The normalized spacial score (nSPS) is 9.82. The van der Waals surface area contributed by atoms with Crippen LogP contribution in [0.1, 0.15) is 0 Å². The highest BCUT2D eigenvalue weighted by Gasteiger charge is 2.16. The predicted octanol–water partition coefficient (Wildman–Crippen LogP) is 1.48. The maximum absolute atomic E-state index is 13.1. The van der Waals surface area contributed by atoms with E-state index in [1.165, 1.54) is 7.05 Å². The van der Waals surface area contributed by atoms with Crippen molar-refractivity contribution in [1.29, 1.82) is 0 Å². The molecule has 1 rings (SSSR count). The number of halogens is 2. The number of carboxylic acids is 1. The molecule has 0 heterocycles. The lowest BCUT2D eigenvalue weighted by Crippen LogP contribution is -2.34. The Morgan fingerprint density at radius 2 is 2.06 bits per heavy atom. The largest absolute Gasteiger partial charge is 0.480 e. The van der Waals surface area contributed by atoms with Gasteiger partial charge >= 0.3 is 12.1 Å². The van der Waals surface area contributed by atoms with Gasteiger partial charge in [0, 0.05) is 13.1 Å². The minimum Gasteiger partial charge on any atom is -0.480 e. The topological polar surface area (TPSA) is 66.8 Å². The first-order chi connectivity index (χ1) is 7.90. The summed E-state index contributed by atoms with van der Waals surface area (Å²) in [6, 6.07) is 2.42. The van der Waals surface area contributed by atoms with Crippen LogP contribution in [0.2, 0.25) is 0 Å².